The number of rotatable bonds is 4. The first-order chi connectivity index (χ1) is 10.7. The van der Waals surface area contributed by atoms with Crippen LogP contribution in [-0.4, -0.2) is 24.5 Å². The first kappa shape index (κ1) is 15.5. The largest absolute Gasteiger partial charge is 0.330 e. The van der Waals surface area contributed by atoms with Crippen LogP contribution in [0.2, 0.25) is 5.02 Å². The monoisotopic (exact) mass is 318 g/mol. The fourth-order valence-electron chi connectivity index (χ4n) is 3.30. The molecule has 0 unspecified atom stereocenters. The first-order valence-corrected chi connectivity index (χ1v) is 7.96. The molecule has 2 aromatic carbocycles. The minimum atomic E-state index is -0.353. The Labute approximate surface area is 135 Å². The number of hydrogen-bond acceptors (Lipinski definition) is 2. The summed E-state index contributed by atoms with van der Waals surface area (Å²) in [4.78, 5) is 2.35. The molecule has 22 heavy (non-hydrogen) atoms. The van der Waals surface area contributed by atoms with Gasteiger partial charge >= 0.3 is 0 Å². The van der Waals surface area contributed by atoms with Crippen LogP contribution in [-0.2, 0) is 6.54 Å². The molecule has 2 aromatic rings. The number of nitrogens with two attached hydrogens (primary N) is 1. The molecule has 3 rings (SSSR count). The average Bonchev–Trinajstić information content (AvgIpc) is 2.95. The van der Waals surface area contributed by atoms with Crippen molar-refractivity contribution in [1.82, 2.24) is 4.90 Å². The van der Waals surface area contributed by atoms with Gasteiger partial charge in [0, 0.05) is 25.6 Å². The highest BCUT2D eigenvalue weighted by Crippen LogP contribution is 2.33. The minimum Gasteiger partial charge on any atom is -0.330 e. The second-order valence-corrected chi connectivity index (χ2v) is 6.36. The summed E-state index contributed by atoms with van der Waals surface area (Å²) in [5.74, 6) is 0.538. The molecule has 1 fully saturated rings. The van der Waals surface area contributed by atoms with Crippen molar-refractivity contribution in [3.05, 3.63) is 70.5 Å². The fraction of sp³-hybridized carbons (Fsp3) is 0.333. The van der Waals surface area contributed by atoms with E-state index in [4.69, 9.17) is 17.3 Å². The van der Waals surface area contributed by atoms with Gasteiger partial charge < -0.3 is 5.73 Å². The van der Waals surface area contributed by atoms with Crippen LogP contribution >= 0.6 is 11.6 Å². The summed E-state index contributed by atoms with van der Waals surface area (Å²) >= 11 is 5.74. The van der Waals surface area contributed by atoms with Crippen LogP contribution < -0.4 is 5.73 Å². The predicted molar refractivity (Wildman–Crippen MR) is 88.4 cm³/mol. The number of likely N-dealkylation sites (tertiary alicyclic amines) is 1. The van der Waals surface area contributed by atoms with Gasteiger partial charge in [0.25, 0.3) is 0 Å². The zero-order chi connectivity index (χ0) is 15.5. The van der Waals surface area contributed by atoms with E-state index in [9.17, 15) is 4.39 Å². The van der Waals surface area contributed by atoms with Gasteiger partial charge in [-0.2, -0.15) is 0 Å². The molecule has 1 saturated heterocycles. The molecule has 0 spiro atoms. The smallest absolute Gasteiger partial charge is 0.142 e. The number of hydrogen-bond donors (Lipinski definition) is 1. The minimum absolute atomic E-state index is 0.173. The van der Waals surface area contributed by atoms with Gasteiger partial charge in [-0.1, -0.05) is 48.0 Å². The van der Waals surface area contributed by atoms with E-state index in [1.807, 2.05) is 12.1 Å². The van der Waals surface area contributed by atoms with Gasteiger partial charge in [-0.3, -0.25) is 4.90 Å². The Morgan fingerprint density at radius 3 is 2.59 bits per heavy atom. The lowest BCUT2D eigenvalue weighted by atomic mass is 9.89. The van der Waals surface area contributed by atoms with Crippen molar-refractivity contribution >= 4 is 11.6 Å². The summed E-state index contributed by atoms with van der Waals surface area (Å²) < 4.78 is 13.6. The number of benzene rings is 2. The van der Waals surface area contributed by atoms with Crippen LogP contribution in [0, 0.1) is 11.7 Å². The van der Waals surface area contributed by atoms with E-state index in [2.05, 4.69) is 29.2 Å². The van der Waals surface area contributed by atoms with E-state index >= 15 is 0 Å². The van der Waals surface area contributed by atoms with Crippen molar-refractivity contribution in [3.63, 3.8) is 0 Å². The summed E-state index contributed by atoms with van der Waals surface area (Å²) in [6.45, 7) is 3.30. The van der Waals surface area contributed by atoms with E-state index in [0.717, 1.165) is 25.2 Å². The van der Waals surface area contributed by atoms with E-state index in [1.54, 1.807) is 6.07 Å². The lowest BCUT2D eigenvalue weighted by Crippen LogP contribution is -2.23. The van der Waals surface area contributed by atoms with Crippen molar-refractivity contribution in [2.75, 3.05) is 19.6 Å². The van der Waals surface area contributed by atoms with Crippen LogP contribution in [0.15, 0.2) is 48.5 Å². The summed E-state index contributed by atoms with van der Waals surface area (Å²) in [5.41, 5.74) is 8.24. The third-order valence-electron chi connectivity index (χ3n) is 4.44. The summed E-state index contributed by atoms with van der Waals surface area (Å²) in [6.07, 6.45) is 0. The van der Waals surface area contributed by atoms with Gasteiger partial charge in [-0.05, 0) is 35.7 Å². The topological polar surface area (TPSA) is 29.3 Å². The molecule has 4 heteroatoms. The lowest BCUT2D eigenvalue weighted by Gasteiger charge is -2.17. The van der Waals surface area contributed by atoms with Gasteiger partial charge in [0.2, 0.25) is 0 Å². The predicted octanol–water partition coefficient (Wildman–Crippen LogP) is 3.65. The van der Waals surface area contributed by atoms with Crippen molar-refractivity contribution < 1.29 is 4.39 Å². The van der Waals surface area contributed by atoms with E-state index in [1.165, 1.54) is 11.6 Å². The lowest BCUT2D eigenvalue weighted by molar-refractivity contribution is 0.316. The van der Waals surface area contributed by atoms with Gasteiger partial charge in [0.15, 0.2) is 0 Å². The van der Waals surface area contributed by atoms with Gasteiger partial charge in [0.1, 0.15) is 5.82 Å². The molecule has 2 nitrogen and oxygen atoms in total. The summed E-state index contributed by atoms with van der Waals surface area (Å²) in [6, 6.07) is 15.5. The molecule has 2 atom stereocenters. The molecular formula is C18H20ClFN2. The normalized spacial score (nSPS) is 22.1. The van der Waals surface area contributed by atoms with Crippen LogP contribution in [0.3, 0.4) is 0 Å². The van der Waals surface area contributed by atoms with Gasteiger partial charge in [0.05, 0.1) is 5.02 Å². The highest BCUT2D eigenvalue weighted by molar-refractivity contribution is 6.30. The van der Waals surface area contributed by atoms with Crippen molar-refractivity contribution in [1.29, 1.82) is 0 Å². The number of halogens is 2. The Bertz CT molecular complexity index is 632. The van der Waals surface area contributed by atoms with Crippen LogP contribution in [0.4, 0.5) is 4.39 Å². The van der Waals surface area contributed by atoms with Crippen molar-refractivity contribution in [3.8, 4) is 0 Å². The molecule has 0 aromatic heterocycles. The molecule has 0 bridgehead atoms. The van der Waals surface area contributed by atoms with E-state index < -0.39 is 0 Å². The molecule has 0 amide bonds. The van der Waals surface area contributed by atoms with E-state index in [0.29, 0.717) is 18.4 Å². The molecule has 0 radical (unpaired) electrons. The van der Waals surface area contributed by atoms with Gasteiger partial charge in [-0.15, -0.1) is 0 Å². The SMILES string of the molecule is NC[C@@H]1CN(Cc2ccc(Cl)c(F)c2)C[C@H]1c1ccccc1. The summed E-state index contributed by atoms with van der Waals surface area (Å²) in [5, 5.41) is 0.173. The van der Waals surface area contributed by atoms with Crippen molar-refractivity contribution in [2.45, 2.75) is 12.5 Å². The maximum atomic E-state index is 13.6. The Morgan fingerprint density at radius 2 is 1.91 bits per heavy atom. The second kappa shape index (κ2) is 6.78. The molecule has 0 aliphatic carbocycles. The molecule has 1 heterocycles. The third-order valence-corrected chi connectivity index (χ3v) is 4.74. The molecule has 1 aliphatic rings. The van der Waals surface area contributed by atoms with Crippen LogP contribution in [0.5, 0.6) is 0 Å². The van der Waals surface area contributed by atoms with Crippen LogP contribution in [0.25, 0.3) is 0 Å². The van der Waals surface area contributed by atoms with Gasteiger partial charge in [-0.25, -0.2) is 4.39 Å². The maximum absolute atomic E-state index is 13.6. The molecule has 0 saturated carbocycles. The first-order valence-electron chi connectivity index (χ1n) is 7.58. The van der Waals surface area contributed by atoms with Crippen molar-refractivity contribution in [2.24, 2.45) is 11.7 Å². The Morgan fingerprint density at radius 1 is 1.14 bits per heavy atom. The quantitative estimate of drug-likeness (QED) is 0.932. The molecule has 1 aliphatic heterocycles. The zero-order valence-electron chi connectivity index (χ0n) is 12.4. The molecule has 116 valence electrons. The number of nitrogens with zero attached hydrogens (tertiary/aromatic N) is 1. The Kier molecular flexibility index (Phi) is 4.77. The zero-order valence-corrected chi connectivity index (χ0v) is 13.1. The Balaban J connectivity index is 1.72. The average molecular weight is 319 g/mol. The third kappa shape index (κ3) is 3.32. The van der Waals surface area contributed by atoms with E-state index in [-0.39, 0.29) is 10.8 Å². The molecular weight excluding hydrogens is 299 g/mol. The summed E-state index contributed by atoms with van der Waals surface area (Å²) in [7, 11) is 0. The molecule has 2 N–H and O–H groups in total. The fourth-order valence-corrected chi connectivity index (χ4v) is 3.42. The highest BCUT2D eigenvalue weighted by Gasteiger charge is 2.32. The highest BCUT2D eigenvalue weighted by atomic mass is 35.5. The maximum Gasteiger partial charge on any atom is 0.142 e. The second-order valence-electron chi connectivity index (χ2n) is 5.96. The Hall–Kier alpha value is -1.42. The standard InChI is InChI=1S/C18H20ClFN2/c19-17-7-6-13(8-18(17)20)10-22-11-15(9-21)16(12-22)14-4-2-1-3-5-14/h1-8,15-16H,9-12,21H2/t15-,16+/m1/s1. The van der Waals surface area contributed by atoms with Crippen LogP contribution in [0.1, 0.15) is 17.0 Å².